The van der Waals surface area contributed by atoms with Gasteiger partial charge in [-0.25, -0.2) is 8.42 Å². The maximum absolute atomic E-state index is 13.1. The lowest BCUT2D eigenvalue weighted by Crippen LogP contribution is -2.26. The lowest BCUT2D eigenvalue weighted by Gasteiger charge is -2.19. The van der Waals surface area contributed by atoms with Crippen LogP contribution in [0.25, 0.3) is 10.9 Å². The molecule has 0 saturated carbocycles. The van der Waals surface area contributed by atoms with E-state index in [4.69, 9.17) is 10.7 Å². The van der Waals surface area contributed by atoms with Crippen LogP contribution in [0.2, 0.25) is 0 Å². The molecule has 2 rings (SSSR count). The van der Waals surface area contributed by atoms with Crippen LogP contribution in [-0.2, 0) is 9.05 Å². The topological polar surface area (TPSA) is 47.0 Å². The minimum absolute atomic E-state index is 0.115. The van der Waals surface area contributed by atoms with Gasteiger partial charge in [0.05, 0.1) is 5.52 Å². The lowest BCUT2D eigenvalue weighted by molar-refractivity contribution is -0.130. The first-order chi connectivity index (χ1) is 9.10. The standard InChI is InChI=1S/C12H9ClF3NO2S/c1-7-6-9(8-4-2-3-5-10(8)17-7)11(12(14,15)16)20(13,18)19/h2-6,11H,1H3. The fraction of sp³-hybridized carbons (Fsp3) is 0.250. The number of benzene rings is 1. The highest BCUT2D eigenvalue weighted by Gasteiger charge is 2.50. The van der Waals surface area contributed by atoms with Crippen molar-refractivity contribution in [1.82, 2.24) is 4.98 Å². The number of halogens is 4. The Balaban J connectivity index is 2.85. The number of aromatic nitrogens is 1. The van der Waals surface area contributed by atoms with E-state index >= 15 is 0 Å². The summed E-state index contributed by atoms with van der Waals surface area (Å²) >= 11 is 0. The molecular formula is C12H9ClF3NO2S. The van der Waals surface area contributed by atoms with E-state index in [1.807, 2.05) is 0 Å². The van der Waals surface area contributed by atoms with E-state index < -0.39 is 26.0 Å². The molecule has 1 atom stereocenters. The van der Waals surface area contributed by atoms with E-state index in [0.717, 1.165) is 6.07 Å². The van der Waals surface area contributed by atoms with E-state index in [1.165, 1.54) is 25.1 Å². The van der Waals surface area contributed by atoms with Gasteiger partial charge in [-0.1, -0.05) is 18.2 Å². The van der Waals surface area contributed by atoms with E-state index in [1.54, 1.807) is 6.07 Å². The minimum atomic E-state index is -5.00. The van der Waals surface area contributed by atoms with Gasteiger partial charge in [-0.15, -0.1) is 0 Å². The second kappa shape index (κ2) is 4.89. The molecule has 3 nitrogen and oxygen atoms in total. The first-order valence-corrected chi connectivity index (χ1v) is 7.84. The summed E-state index contributed by atoms with van der Waals surface area (Å²) in [4.78, 5) is 4.08. The van der Waals surface area contributed by atoms with Gasteiger partial charge in [0.15, 0.2) is 5.25 Å². The molecule has 0 bridgehead atoms. The van der Waals surface area contributed by atoms with Crippen molar-refractivity contribution in [3.8, 4) is 0 Å². The van der Waals surface area contributed by atoms with Gasteiger partial charge in [-0.3, -0.25) is 4.98 Å². The molecular weight excluding hydrogens is 315 g/mol. The predicted octanol–water partition coefficient (Wildman–Crippen LogP) is 3.72. The van der Waals surface area contributed by atoms with Crippen molar-refractivity contribution in [3.05, 3.63) is 41.6 Å². The van der Waals surface area contributed by atoms with Crippen molar-refractivity contribution >= 4 is 30.6 Å². The zero-order valence-corrected chi connectivity index (χ0v) is 11.7. The summed E-state index contributed by atoms with van der Waals surface area (Å²) in [5.41, 5.74) is 0.168. The molecule has 1 aromatic heterocycles. The van der Waals surface area contributed by atoms with Crippen LogP contribution in [-0.4, -0.2) is 19.6 Å². The average Bonchev–Trinajstić information content (AvgIpc) is 2.24. The summed E-state index contributed by atoms with van der Waals surface area (Å²) in [6.45, 7) is 1.49. The van der Waals surface area contributed by atoms with E-state index in [-0.39, 0.29) is 16.6 Å². The molecule has 0 saturated heterocycles. The minimum Gasteiger partial charge on any atom is -0.253 e. The lowest BCUT2D eigenvalue weighted by atomic mass is 10.0. The van der Waals surface area contributed by atoms with Crippen LogP contribution < -0.4 is 0 Å². The zero-order valence-electron chi connectivity index (χ0n) is 10.1. The quantitative estimate of drug-likeness (QED) is 0.791. The summed E-state index contributed by atoms with van der Waals surface area (Å²) in [6, 6.07) is 7.12. The highest BCUT2D eigenvalue weighted by atomic mass is 35.7. The molecule has 1 aromatic carbocycles. The van der Waals surface area contributed by atoms with Crippen molar-refractivity contribution < 1.29 is 21.6 Å². The maximum atomic E-state index is 13.1. The molecule has 1 unspecified atom stereocenters. The number of aryl methyl sites for hydroxylation is 1. The van der Waals surface area contributed by atoms with Crippen molar-refractivity contribution in [1.29, 1.82) is 0 Å². The Morgan fingerprint density at radius 3 is 2.40 bits per heavy atom. The van der Waals surface area contributed by atoms with Crippen LogP contribution in [0.1, 0.15) is 16.5 Å². The van der Waals surface area contributed by atoms with Gasteiger partial charge >= 0.3 is 6.18 Å². The summed E-state index contributed by atoms with van der Waals surface area (Å²) in [5.74, 6) is 0. The van der Waals surface area contributed by atoms with Gasteiger partial charge < -0.3 is 0 Å². The van der Waals surface area contributed by atoms with Gasteiger partial charge in [0.1, 0.15) is 0 Å². The van der Waals surface area contributed by atoms with Crippen LogP contribution in [0.5, 0.6) is 0 Å². The molecule has 0 N–H and O–H groups in total. The molecule has 0 aliphatic rings. The van der Waals surface area contributed by atoms with Crippen LogP contribution >= 0.6 is 10.7 Å². The van der Waals surface area contributed by atoms with Gasteiger partial charge in [0.25, 0.3) is 0 Å². The summed E-state index contributed by atoms with van der Waals surface area (Å²) in [7, 11) is 0.138. The van der Waals surface area contributed by atoms with E-state index in [9.17, 15) is 21.6 Å². The fourth-order valence-corrected chi connectivity index (χ4v) is 3.45. The number of nitrogens with zero attached hydrogens (tertiary/aromatic N) is 1. The Labute approximate surface area is 117 Å². The smallest absolute Gasteiger partial charge is 0.253 e. The Morgan fingerprint density at radius 2 is 1.85 bits per heavy atom. The van der Waals surface area contributed by atoms with Crippen LogP contribution in [0.3, 0.4) is 0 Å². The van der Waals surface area contributed by atoms with Crippen molar-refractivity contribution in [2.24, 2.45) is 0 Å². The predicted molar refractivity (Wildman–Crippen MR) is 70.0 cm³/mol. The highest BCUT2D eigenvalue weighted by Crippen LogP contribution is 2.43. The third kappa shape index (κ3) is 2.88. The first kappa shape index (κ1) is 15.1. The number of para-hydroxylation sites is 1. The second-order valence-corrected chi connectivity index (χ2v) is 6.98. The molecule has 0 aliphatic heterocycles. The zero-order chi connectivity index (χ0) is 15.1. The second-order valence-electron chi connectivity index (χ2n) is 4.27. The van der Waals surface area contributed by atoms with Gasteiger partial charge in [-0.2, -0.15) is 13.2 Å². The SMILES string of the molecule is Cc1cc(C(C(F)(F)F)S(=O)(=O)Cl)c2ccccc2n1. The molecule has 0 aliphatic carbocycles. The highest BCUT2D eigenvalue weighted by molar-refractivity contribution is 8.14. The third-order valence-corrected chi connectivity index (χ3v) is 4.36. The molecule has 0 fully saturated rings. The van der Waals surface area contributed by atoms with Crippen molar-refractivity contribution in [2.45, 2.75) is 18.3 Å². The number of hydrogen-bond donors (Lipinski definition) is 0. The molecule has 20 heavy (non-hydrogen) atoms. The molecule has 0 spiro atoms. The van der Waals surface area contributed by atoms with Gasteiger partial charge in [0.2, 0.25) is 9.05 Å². The number of alkyl halides is 3. The molecule has 1 heterocycles. The van der Waals surface area contributed by atoms with Crippen molar-refractivity contribution in [3.63, 3.8) is 0 Å². The molecule has 0 amide bonds. The van der Waals surface area contributed by atoms with E-state index in [0.29, 0.717) is 0 Å². The Hall–Kier alpha value is -1.34. The molecule has 2 aromatic rings. The van der Waals surface area contributed by atoms with Crippen LogP contribution in [0, 0.1) is 6.92 Å². The summed E-state index contributed by atoms with van der Waals surface area (Å²) in [6.07, 6.45) is -5.00. The maximum Gasteiger partial charge on any atom is 0.410 e. The Morgan fingerprint density at radius 1 is 1.25 bits per heavy atom. The number of fused-ring (bicyclic) bond motifs is 1. The largest absolute Gasteiger partial charge is 0.410 e. The Bertz CT molecular complexity index is 759. The third-order valence-electron chi connectivity index (χ3n) is 2.74. The number of hydrogen-bond acceptors (Lipinski definition) is 3. The van der Waals surface area contributed by atoms with Gasteiger partial charge in [-0.05, 0) is 24.6 Å². The van der Waals surface area contributed by atoms with Crippen LogP contribution in [0.4, 0.5) is 13.2 Å². The normalized spacial score (nSPS) is 14.4. The Kier molecular flexibility index (Phi) is 3.68. The molecule has 108 valence electrons. The van der Waals surface area contributed by atoms with Crippen LogP contribution in [0.15, 0.2) is 30.3 Å². The van der Waals surface area contributed by atoms with Crippen molar-refractivity contribution in [2.75, 3.05) is 0 Å². The molecule has 8 heteroatoms. The van der Waals surface area contributed by atoms with E-state index in [2.05, 4.69) is 4.98 Å². The molecule has 0 radical (unpaired) electrons. The average molecular weight is 324 g/mol. The first-order valence-electron chi connectivity index (χ1n) is 5.47. The number of pyridine rings is 1. The monoisotopic (exact) mass is 323 g/mol. The summed E-state index contributed by atoms with van der Waals surface area (Å²) in [5, 5.41) is -2.66. The fourth-order valence-electron chi connectivity index (χ4n) is 2.04. The summed E-state index contributed by atoms with van der Waals surface area (Å²) < 4.78 is 61.9. The van der Waals surface area contributed by atoms with Gasteiger partial charge in [0, 0.05) is 21.8 Å². The number of rotatable bonds is 2.